The van der Waals surface area contributed by atoms with E-state index >= 15 is 0 Å². The number of carbonyl (C=O) groups is 1. The Kier molecular flexibility index (Phi) is 7.31. The predicted molar refractivity (Wildman–Crippen MR) is 134 cm³/mol. The van der Waals surface area contributed by atoms with Crippen molar-refractivity contribution in [3.8, 4) is 11.4 Å². The van der Waals surface area contributed by atoms with Gasteiger partial charge in [0.25, 0.3) is 5.91 Å². The number of aromatic amines is 1. The number of amides is 1. The molecule has 5 rings (SSSR count). The first kappa shape index (κ1) is 24.7. The summed E-state index contributed by atoms with van der Waals surface area (Å²) in [5.74, 6) is -1.01. The van der Waals surface area contributed by atoms with E-state index in [1.54, 1.807) is 18.5 Å². The Morgan fingerprint density at radius 2 is 2.03 bits per heavy atom. The van der Waals surface area contributed by atoms with Crippen molar-refractivity contribution in [1.29, 1.82) is 0 Å². The van der Waals surface area contributed by atoms with Crippen molar-refractivity contribution in [2.24, 2.45) is 0 Å². The van der Waals surface area contributed by atoms with Gasteiger partial charge in [0.05, 0.1) is 19.0 Å². The Labute approximate surface area is 212 Å². The quantitative estimate of drug-likeness (QED) is 0.324. The normalized spacial score (nSPS) is 17.6. The van der Waals surface area contributed by atoms with E-state index in [9.17, 15) is 13.6 Å². The molecule has 0 aromatic carbocycles. The predicted octanol–water partition coefficient (Wildman–Crippen LogP) is 4.38. The molecule has 1 aliphatic rings. The Balaban J connectivity index is 1.26. The number of hydrogen-bond donors (Lipinski definition) is 3. The van der Waals surface area contributed by atoms with Crippen molar-refractivity contribution in [3.63, 3.8) is 0 Å². The minimum atomic E-state index is -0.589. The lowest BCUT2D eigenvalue weighted by Gasteiger charge is -2.30. The van der Waals surface area contributed by atoms with Crippen LogP contribution < -0.4 is 10.6 Å². The summed E-state index contributed by atoms with van der Waals surface area (Å²) < 4.78 is 33.8. The molecule has 192 valence electrons. The highest BCUT2D eigenvalue weighted by atomic mass is 19.1. The second-order valence-corrected chi connectivity index (χ2v) is 9.01. The van der Waals surface area contributed by atoms with Gasteiger partial charge in [-0.2, -0.15) is 0 Å². The fourth-order valence-electron chi connectivity index (χ4n) is 4.57. The summed E-state index contributed by atoms with van der Waals surface area (Å²) in [5.41, 5.74) is 2.23. The zero-order valence-corrected chi connectivity index (χ0v) is 20.3. The highest BCUT2D eigenvalue weighted by Gasteiger charge is 2.25. The van der Waals surface area contributed by atoms with Crippen molar-refractivity contribution in [2.45, 2.75) is 51.3 Å². The monoisotopic (exact) mass is 507 g/mol. The molecule has 0 saturated heterocycles. The minimum Gasteiger partial charge on any atom is -0.377 e. The first-order valence-corrected chi connectivity index (χ1v) is 12.3. The lowest BCUT2D eigenvalue weighted by molar-refractivity contribution is 0.0920. The van der Waals surface area contributed by atoms with Crippen molar-refractivity contribution in [2.75, 3.05) is 11.9 Å². The second kappa shape index (κ2) is 11.0. The third-order valence-electron chi connectivity index (χ3n) is 6.36. The van der Waals surface area contributed by atoms with Gasteiger partial charge >= 0.3 is 0 Å². The number of pyridine rings is 2. The molecule has 37 heavy (non-hydrogen) atoms. The zero-order chi connectivity index (χ0) is 25.8. The number of anilines is 1. The van der Waals surface area contributed by atoms with E-state index in [4.69, 9.17) is 4.74 Å². The van der Waals surface area contributed by atoms with Gasteiger partial charge in [0, 0.05) is 42.0 Å². The molecule has 0 aliphatic heterocycles. The zero-order valence-electron chi connectivity index (χ0n) is 20.3. The molecule has 1 fully saturated rings. The molecule has 9 nitrogen and oxygen atoms in total. The number of carbonyl (C=O) groups excluding carboxylic acids is 1. The van der Waals surface area contributed by atoms with Crippen LogP contribution in [0, 0.1) is 11.6 Å². The number of nitrogens with zero attached hydrogens (tertiary/aromatic N) is 4. The lowest BCUT2D eigenvalue weighted by Crippen LogP contribution is -2.42. The largest absolute Gasteiger partial charge is 0.377 e. The molecule has 4 aromatic heterocycles. The average Bonchev–Trinajstić information content (AvgIpc) is 3.32. The smallest absolute Gasteiger partial charge is 0.270 e. The van der Waals surface area contributed by atoms with Gasteiger partial charge in [-0.05, 0) is 56.4 Å². The molecule has 0 radical (unpaired) electrons. The number of hydrogen-bond acceptors (Lipinski definition) is 7. The maximum absolute atomic E-state index is 14.6. The molecule has 0 bridgehead atoms. The van der Waals surface area contributed by atoms with E-state index < -0.39 is 11.6 Å². The highest BCUT2D eigenvalue weighted by Crippen LogP contribution is 2.28. The van der Waals surface area contributed by atoms with E-state index in [0.29, 0.717) is 41.9 Å². The number of fused-ring (bicyclic) bond motifs is 1. The van der Waals surface area contributed by atoms with Crippen LogP contribution >= 0.6 is 0 Å². The molecular formula is C26H27F2N7O2. The summed E-state index contributed by atoms with van der Waals surface area (Å²) in [6.07, 6.45) is 8.51. The maximum Gasteiger partial charge on any atom is 0.270 e. The third kappa shape index (κ3) is 5.72. The van der Waals surface area contributed by atoms with E-state index in [1.807, 2.05) is 13.0 Å². The van der Waals surface area contributed by atoms with Crippen LogP contribution in [0.15, 0.2) is 43.0 Å². The molecule has 11 heteroatoms. The van der Waals surface area contributed by atoms with Crippen LogP contribution in [0.4, 0.5) is 14.6 Å². The lowest BCUT2D eigenvalue weighted by atomic mass is 9.91. The Hall–Kier alpha value is -3.99. The number of ether oxygens (including phenoxy) is 1. The number of nitrogens with one attached hydrogen (secondary N) is 3. The Bertz CT molecular complexity index is 1410. The van der Waals surface area contributed by atoms with Crippen LogP contribution in [0.2, 0.25) is 0 Å². The van der Waals surface area contributed by atoms with Gasteiger partial charge in [-0.25, -0.2) is 23.7 Å². The summed E-state index contributed by atoms with van der Waals surface area (Å²) in [6, 6.07) is 4.69. The van der Waals surface area contributed by atoms with Gasteiger partial charge < -0.3 is 20.4 Å². The second-order valence-electron chi connectivity index (χ2n) is 9.01. The summed E-state index contributed by atoms with van der Waals surface area (Å²) >= 11 is 0. The molecule has 3 N–H and O–H groups in total. The molecule has 4 aromatic rings. The number of aromatic nitrogens is 5. The van der Waals surface area contributed by atoms with Crippen molar-refractivity contribution >= 4 is 22.8 Å². The van der Waals surface area contributed by atoms with Crippen LogP contribution in [0.5, 0.6) is 0 Å². The van der Waals surface area contributed by atoms with Crippen molar-refractivity contribution in [3.05, 3.63) is 65.9 Å². The Morgan fingerprint density at radius 3 is 2.89 bits per heavy atom. The van der Waals surface area contributed by atoms with Crippen LogP contribution in [0.25, 0.3) is 22.4 Å². The van der Waals surface area contributed by atoms with Crippen LogP contribution in [-0.2, 0) is 11.3 Å². The van der Waals surface area contributed by atoms with Gasteiger partial charge in [0.15, 0.2) is 17.5 Å². The van der Waals surface area contributed by atoms with Crippen molar-refractivity contribution < 1.29 is 18.3 Å². The molecule has 1 saturated carbocycles. The molecule has 2 atom stereocenters. The third-order valence-corrected chi connectivity index (χ3v) is 6.36. The Morgan fingerprint density at radius 1 is 1.16 bits per heavy atom. The topological polar surface area (TPSA) is 118 Å². The molecule has 1 amide bonds. The fourth-order valence-corrected chi connectivity index (χ4v) is 4.57. The number of H-pyrrole nitrogens is 1. The van der Waals surface area contributed by atoms with Gasteiger partial charge in [-0.3, -0.25) is 9.78 Å². The molecule has 4 heterocycles. The van der Waals surface area contributed by atoms with E-state index in [0.717, 1.165) is 37.2 Å². The minimum absolute atomic E-state index is 0.0611. The SMILES string of the molecule is CCOCc1ccnc(C(=O)N[C@H]2CCC[C@@H](Nc3nc(-c4c[nH]c5ncc(F)cc45)ncc3F)C2)c1. The van der Waals surface area contributed by atoms with E-state index in [-0.39, 0.29) is 29.6 Å². The number of halogens is 2. The number of rotatable bonds is 8. The summed E-state index contributed by atoms with van der Waals surface area (Å²) in [6.45, 7) is 2.93. The van der Waals surface area contributed by atoms with Crippen LogP contribution in [0.3, 0.4) is 0 Å². The first-order valence-electron chi connectivity index (χ1n) is 12.3. The average molecular weight is 508 g/mol. The van der Waals surface area contributed by atoms with E-state index in [1.165, 1.54) is 6.07 Å². The van der Waals surface area contributed by atoms with E-state index in [2.05, 4.69) is 35.6 Å². The molecule has 1 aliphatic carbocycles. The first-order chi connectivity index (χ1) is 18.0. The highest BCUT2D eigenvalue weighted by molar-refractivity contribution is 5.93. The van der Waals surface area contributed by atoms with Gasteiger partial charge in [-0.1, -0.05) is 0 Å². The summed E-state index contributed by atoms with van der Waals surface area (Å²) in [5, 5.41) is 6.74. The van der Waals surface area contributed by atoms with Gasteiger partial charge in [-0.15, -0.1) is 0 Å². The van der Waals surface area contributed by atoms with Crippen molar-refractivity contribution in [1.82, 2.24) is 30.2 Å². The molecular weight excluding hydrogens is 480 g/mol. The maximum atomic E-state index is 14.6. The molecule has 0 spiro atoms. The van der Waals surface area contributed by atoms with Crippen LogP contribution in [0.1, 0.15) is 48.7 Å². The molecule has 0 unspecified atom stereocenters. The van der Waals surface area contributed by atoms with Crippen LogP contribution in [-0.4, -0.2) is 49.5 Å². The standard InChI is InChI=1S/C26H27F2N7O2/c1-2-37-14-15-6-7-29-22(8-15)26(36)34-18-5-3-4-17(10-18)33-25-21(28)13-32-24(35-25)20-12-31-23-19(20)9-16(27)11-30-23/h6-9,11-13,17-18H,2-5,10,14H2,1H3,(H,30,31)(H,34,36)(H,32,33,35)/t17-,18+/m1/s1. The summed E-state index contributed by atoms with van der Waals surface area (Å²) in [7, 11) is 0. The summed E-state index contributed by atoms with van der Waals surface area (Å²) in [4.78, 5) is 32.5. The van der Waals surface area contributed by atoms with Gasteiger partial charge in [0.1, 0.15) is 17.2 Å². The fraction of sp³-hybridized carbons (Fsp3) is 0.346. The van der Waals surface area contributed by atoms with Gasteiger partial charge in [0.2, 0.25) is 0 Å².